The Morgan fingerprint density at radius 1 is 0.600 bits per heavy atom. The van der Waals surface area contributed by atoms with Crippen LogP contribution < -0.4 is 11.1 Å². The summed E-state index contributed by atoms with van der Waals surface area (Å²) in [5, 5.41) is 11.4. The zero-order valence-electron chi connectivity index (χ0n) is 32.9. The molecule has 0 radical (unpaired) electrons. The first-order valence-electron chi connectivity index (χ1n) is 19.6. The molecule has 3 aliphatic heterocycles. The molecule has 11 nitrogen and oxygen atoms in total. The normalized spacial score (nSPS) is 14.9. The van der Waals surface area contributed by atoms with E-state index in [0.717, 1.165) is 106 Å². The second kappa shape index (κ2) is 21.6. The maximum atomic E-state index is 12.1. The van der Waals surface area contributed by atoms with Crippen LogP contribution in [0, 0.1) is 11.3 Å². The number of benzene rings is 3. The number of carbonyl (C=O) groups is 4. The standard InChI is InChI=1S/C18H26N2O3.C13H18N2O.C13H14N2O/c1-18(2,3)23-17(22)19-13-15-8-6-14(7-9-15)12-16(21)20-10-4-5-11-20;2*14-10-12-5-3-11(4-6-12)9-13(16)15-7-1-2-8-15/h6-9H,4-5,10-13H2,1-3H3,(H,19,22);3-6H,1-2,7-10,14H2;3-6H,1-2,7-9H2. The quantitative estimate of drug-likeness (QED) is 0.276. The van der Waals surface area contributed by atoms with Crippen LogP contribution >= 0.6 is 0 Å². The summed E-state index contributed by atoms with van der Waals surface area (Å²) in [7, 11) is 0. The van der Waals surface area contributed by atoms with Gasteiger partial charge in [-0.1, -0.05) is 60.7 Å². The summed E-state index contributed by atoms with van der Waals surface area (Å²) in [5.74, 6) is 0.641. The average Bonchev–Trinajstić information content (AvgIpc) is 4.00. The third-order valence-electron chi connectivity index (χ3n) is 9.64. The molecule has 0 aliphatic carbocycles. The van der Waals surface area contributed by atoms with E-state index in [1.165, 1.54) is 0 Å². The molecule has 294 valence electrons. The van der Waals surface area contributed by atoms with Crippen LogP contribution in [0.3, 0.4) is 0 Å². The van der Waals surface area contributed by atoms with Gasteiger partial charge in [0.1, 0.15) is 5.60 Å². The van der Waals surface area contributed by atoms with Crippen molar-refractivity contribution in [2.45, 2.75) is 97.2 Å². The summed E-state index contributed by atoms with van der Waals surface area (Å²) < 4.78 is 5.19. The van der Waals surface area contributed by atoms with Crippen molar-refractivity contribution in [2.24, 2.45) is 5.73 Å². The van der Waals surface area contributed by atoms with Gasteiger partial charge in [-0.15, -0.1) is 0 Å². The van der Waals surface area contributed by atoms with Crippen LogP contribution in [0.25, 0.3) is 0 Å². The topological polar surface area (TPSA) is 149 Å². The van der Waals surface area contributed by atoms with Crippen molar-refractivity contribution >= 4 is 23.8 Å². The molecule has 3 aromatic rings. The Labute approximate surface area is 326 Å². The van der Waals surface area contributed by atoms with Gasteiger partial charge in [0.2, 0.25) is 17.7 Å². The lowest BCUT2D eigenvalue weighted by atomic mass is 10.1. The van der Waals surface area contributed by atoms with Crippen molar-refractivity contribution in [3.05, 3.63) is 106 Å². The summed E-state index contributed by atoms with van der Waals surface area (Å²) in [6, 6.07) is 25.0. The number of carbonyl (C=O) groups excluding carboxylic acids is 4. The second-order valence-corrected chi connectivity index (χ2v) is 15.3. The van der Waals surface area contributed by atoms with Gasteiger partial charge < -0.3 is 30.5 Å². The first-order chi connectivity index (χ1) is 26.4. The van der Waals surface area contributed by atoms with Gasteiger partial charge in [0.15, 0.2) is 0 Å². The minimum absolute atomic E-state index is 0.196. The van der Waals surface area contributed by atoms with E-state index in [-0.39, 0.29) is 17.7 Å². The predicted molar refractivity (Wildman–Crippen MR) is 214 cm³/mol. The molecule has 0 unspecified atom stereocenters. The number of amides is 4. The molecule has 3 aromatic carbocycles. The number of nitrogens with two attached hydrogens (primary N) is 1. The molecule has 3 aliphatic rings. The Morgan fingerprint density at radius 3 is 1.25 bits per heavy atom. The monoisotopic (exact) mass is 750 g/mol. The maximum Gasteiger partial charge on any atom is 0.407 e. The summed E-state index contributed by atoms with van der Waals surface area (Å²) in [5.41, 5.74) is 10.8. The second-order valence-electron chi connectivity index (χ2n) is 15.3. The Bertz CT molecular complexity index is 1710. The van der Waals surface area contributed by atoms with Crippen LogP contribution in [-0.2, 0) is 51.5 Å². The van der Waals surface area contributed by atoms with E-state index in [9.17, 15) is 19.2 Å². The first-order valence-corrected chi connectivity index (χ1v) is 19.6. The summed E-state index contributed by atoms with van der Waals surface area (Å²) >= 11 is 0. The highest BCUT2D eigenvalue weighted by Gasteiger charge is 2.20. The molecule has 3 heterocycles. The minimum atomic E-state index is -0.496. The molecule has 4 amide bonds. The number of hydrogen-bond donors (Lipinski definition) is 2. The van der Waals surface area contributed by atoms with Gasteiger partial charge in [-0.25, -0.2) is 4.79 Å². The number of rotatable bonds is 9. The van der Waals surface area contributed by atoms with Crippen molar-refractivity contribution in [3.63, 3.8) is 0 Å². The third-order valence-corrected chi connectivity index (χ3v) is 9.64. The molecule has 11 heteroatoms. The maximum absolute atomic E-state index is 12.1. The first kappa shape index (κ1) is 42.5. The van der Waals surface area contributed by atoms with Crippen molar-refractivity contribution in [3.8, 4) is 6.07 Å². The molecule has 0 aromatic heterocycles. The molecule has 0 atom stereocenters. The lowest BCUT2D eigenvalue weighted by Gasteiger charge is -2.19. The summed E-state index contributed by atoms with van der Waals surface area (Å²) in [6.45, 7) is 11.9. The smallest absolute Gasteiger partial charge is 0.407 e. The van der Waals surface area contributed by atoms with Crippen molar-refractivity contribution in [1.29, 1.82) is 5.26 Å². The van der Waals surface area contributed by atoms with Gasteiger partial charge in [0.25, 0.3) is 0 Å². The number of hydrogen-bond acceptors (Lipinski definition) is 7. The molecular formula is C44H58N6O5. The van der Waals surface area contributed by atoms with E-state index < -0.39 is 11.7 Å². The van der Waals surface area contributed by atoms with E-state index in [1.54, 1.807) is 12.1 Å². The highest BCUT2D eigenvalue weighted by atomic mass is 16.6. The van der Waals surface area contributed by atoms with Crippen LogP contribution in [0.4, 0.5) is 4.79 Å². The number of nitrogens with zero attached hydrogens (tertiary/aromatic N) is 4. The van der Waals surface area contributed by atoms with E-state index in [4.69, 9.17) is 15.7 Å². The Balaban J connectivity index is 0.000000188. The molecular weight excluding hydrogens is 693 g/mol. The Kier molecular flexibility index (Phi) is 16.7. The van der Waals surface area contributed by atoms with Gasteiger partial charge in [0.05, 0.1) is 30.9 Å². The van der Waals surface area contributed by atoms with Crippen LogP contribution in [0.1, 0.15) is 92.7 Å². The summed E-state index contributed by atoms with van der Waals surface area (Å²) in [4.78, 5) is 53.2. The number of nitrogens with one attached hydrogen (secondary N) is 1. The van der Waals surface area contributed by atoms with Gasteiger partial charge in [0, 0.05) is 52.4 Å². The minimum Gasteiger partial charge on any atom is -0.444 e. The molecule has 3 saturated heterocycles. The highest BCUT2D eigenvalue weighted by molar-refractivity contribution is 5.80. The lowest BCUT2D eigenvalue weighted by molar-refractivity contribution is -0.130. The van der Waals surface area contributed by atoms with E-state index in [0.29, 0.717) is 37.9 Å². The fourth-order valence-electron chi connectivity index (χ4n) is 6.51. The van der Waals surface area contributed by atoms with E-state index in [1.807, 2.05) is 96.1 Å². The lowest BCUT2D eigenvalue weighted by Crippen LogP contribution is -2.32. The molecule has 0 bridgehead atoms. The van der Waals surface area contributed by atoms with Gasteiger partial charge >= 0.3 is 6.09 Å². The highest BCUT2D eigenvalue weighted by Crippen LogP contribution is 2.14. The van der Waals surface area contributed by atoms with Gasteiger partial charge in [-0.3, -0.25) is 14.4 Å². The van der Waals surface area contributed by atoms with Crippen molar-refractivity contribution in [1.82, 2.24) is 20.0 Å². The molecule has 55 heavy (non-hydrogen) atoms. The zero-order chi connectivity index (χ0) is 39.6. The molecule has 0 spiro atoms. The average molecular weight is 751 g/mol. The largest absolute Gasteiger partial charge is 0.444 e. The molecule has 0 saturated carbocycles. The van der Waals surface area contributed by atoms with Crippen LogP contribution in [0.15, 0.2) is 72.8 Å². The fraction of sp³-hybridized carbons (Fsp3) is 0.477. The number of alkyl carbamates (subject to hydrolysis) is 1. The SMILES string of the molecule is CC(C)(C)OC(=O)NCc1ccc(CC(=O)N2CCCC2)cc1.N#Cc1ccc(CC(=O)N2CCCC2)cc1.NCc1ccc(CC(=O)N2CCCC2)cc1. The summed E-state index contributed by atoms with van der Waals surface area (Å²) in [6.07, 6.45) is 7.76. The molecule has 3 fully saturated rings. The van der Waals surface area contributed by atoms with E-state index in [2.05, 4.69) is 11.4 Å². The molecule has 3 N–H and O–H groups in total. The van der Waals surface area contributed by atoms with Gasteiger partial charge in [-0.2, -0.15) is 5.26 Å². The fourth-order valence-corrected chi connectivity index (χ4v) is 6.51. The van der Waals surface area contributed by atoms with Gasteiger partial charge in [-0.05, 0) is 99.2 Å². The van der Waals surface area contributed by atoms with Crippen LogP contribution in [-0.4, -0.2) is 83.4 Å². The number of likely N-dealkylation sites (tertiary alicyclic amines) is 3. The van der Waals surface area contributed by atoms with Crippen molar-refractivity contribution < 1.29 is 23.9 Å². The van der Waals surface area contributed by atoms with Crippen LogP contribution in [0.2, 0.25) is 0 Å². The number of ether oxygens (including phenoxy) is 1. The van der Waals surface area contributed by atoms with Crippen LogP contribution in [0.5, 0.6) is 0 Å². The Hall–Kier alpha value is -5.21. The molecule has 6 rings (SSSR count). The zero-order valence-corrected chi connectivity index (χ0v) is 32.9. The van der Waals surface area contributed by atoms with E-state index >= 15 is 0 Å². The predicted octanol–water partition coefficient (Wildman–Crippen LogP) is 5.91. The Morgan fingerprint density at radius 2 is 0.927 bits per heavy atom. The number of nitriles is 1. The third kappa shape index (κ3) is 15.2. The van der Waals surface area contributed by atoms with Crippen molar-refractivity contribution in [2.75, 3.05) is 39.3 Å².